The Bertz CT molecular complexity index is 949. The van der Waals surface area contributed by atoms with Crippen LogP contribution in [0.5, 0.6) is 11.9 Å². The van der Waals surface area contributed by atoms with Crippen molar-refractivity contribution in [3.05, 3.63) is 54.5 Å². The second-order valence-corrected chi connectivity index (χ2v) is 6.37. The van der Waals surface area contributed by atoms with Gasteiger partial charge < -0.3 is 14.4 Å². The molecule has 2 aromatic heterocycles. The number of aromatic nitrogens is 3. The average Bonchev–Trinajstić information content (AvgIpc) is 2.73. The standard InChI is InChI=1S/C20H20N4O3/c1-26-20-22-11-7-17(23-20)27-15-8-12-24(13-9-15)19(25)18-16-5-3-2-4-14(16)6-10-21-18/h2-7,10-11,15H,8-9,12-13H2,1H3. The van der Waals surface area contributed by atoms with Crippen LogP contribution in [0.15, 0.2) is 48.8 Å². The molecule has 1 aliphatic heterocycles. The Morgan fingerprint density at radius 2 is 1.85 bits per heavy atom. The van der Waals surface area contributed by atoms with Gasteiger partial charge in [0.1, 0.15) is 11.8 Å². The average molecular weight is 364 g/mol. The van der Waals surface area contributed by atoms with E-state index in [1.807, 2.05) is 35.2 Å². The van der Waals surface area contributed by atoms with E-state index in [1.54, 1.807) is 18.5 Å². The fourth-order valence-electron chi connectivity index (χ4n) is 3.28. The Hall–Kier alpha value is -3.22. The molecule has 1 aromatic carbocycles. The van der Waals surface area contributed by atoms with Crippen molar-refractivity contribution in [3.63, 3.8) is 0 Å². The largest absolute Gasteiger partial charge is 0.474 e. The van der Waals surface area contributed by atoms with Crippen LogP contribution < -0.4 is 9.47 Å². The summed E-state index contributed by atoms with van der Waals surface area (Å²) >= 11 is 0. The molecule has 7 heteroatoms. The molecule has 1 fully saturated rings. The quantitative estimate of drug-likeness (QED) is 0.708. The zero-order valence-electron chi connectivity index (χ0n) is 15.0. The van der Waals surface area contributed by atoms with Gasteiger partial charge in [0.2, 0.25) is 5.88 Å². The molecule has 0 saturated carbocycles. The minimum Gasteiger partial charge on any atom is -0.474 e. The van der Waals surface area contributed by atoms with Crippen LogP contribution in [0.1, 0.15) is 23.3 Å². The number of ether oxygens (including phenoxy) is 2. The topological polar surface area (TPSA) is 77.4 Å². The molecule has 0 unspecified atom stereocenters. The van der Waals surface area contributed by atoms with Gasteiger partial charge in [0.05, 0.1) is 7.11 Å². The van der Waals surface area contributed by atoms with Gasteiger partial charge in [-0.15, -0.1) is 0 Å². The summed E-state index contributed by atoms with van der Waals surface area (Å²) in [5.41, 5.74) is 0.507. The molecule has 0 radical (unpaired) electrons. The molecule has 0 atom stereocenters. The van der Waals surface area contributed by atoms with E-state index in [0.717, 1.165) is 23.6 Å². The Balaban J connectivity index is 1.42. The number of likely N-dealkylation sites (tertiary alicyclic amines) is 1. The van der Waals surface area contributed by atoms with E-state index >= 15 is 0 Å². The number of piperidine rings is 1. The lowest BCUT2D eigenvalue weighted by molar-refractivity contribution is 0.0583. The highest BCUT2D eigenvalue weighted by Crippen LogP contribution is 2.22. The second-order valence-electron chi connectivity index (χ2n) is 6.37. The first-order valence-electron chi connectivity index (χ1n) is 8.91. The maximum atomic E-state index is 12.9. The monoisotopic (exact) mass is 364 g/mol. The van der Waals surface area contributed by atoms with Gasteiger partial charge in [0, 0.05) is 49.8 Å². The minimum absolute atomic E-state index is 0.00846. The molecule has 138 valence electrons. The molecular formula is C20H20N4O3. The third-order valence-electron chi connectivity index (χ3n) is 4.68. The Kier molecular flexibility index (Phi) is 4.82. The summed E-state index contributed by atoms with van der Waals surface area (Å²) in [5, 5.41) is 1.91. The van der Waals surface area contributed by atoms with Crippen molar-refractivity contribution in [3.8, 4) is 11.9 Å². The molecule has 27 heavy (non-hydrogen) atoms. The molecule has 1 saturated heterocycles. The predicted molar refractivity (Wildman–Crippen MR) is 99.9 cm³/mol. The van der Waals surface area contributed by atoms with Gasteiger partial charge in [-0.1, -0.05) is 24.3 Å². The van der Waals surface area contributed by atoms with E-state index in [4.69, 9.17) is 9.47 Å². The summed E-state index contributed by atoms with van der Waals surface area (Å²) in [7, 11) is 1.52. The van der Waals surface area contributed by atoms with Crippen LogP contribution in [0.2, 0.25) is 0 Å². The first kappa shape index (κ1) is 17.2. The highest BCUT2D eigenvalue weighted by atomic mass is 16.5. The second kappa shape index (κ2) is 7.57. The smallest absolute Gasteiger partial charge is 0.319 e. The number of benzene rings is 1. The van der Waals surface area contributed by atoms with E-state index in [1.165, 1.54) is 7.11 Å². The Labute approximate surface area is 157 Å². The number of rotatable bonds is 4. The van der Waals surface area contributed by atoms with Gasteiger partial charge in [-0.3, -0.25) is 9.78 Å². The van der Waals surface area contributed by atoms with Crippen molar-refractivity contribution in [1.29, 1.82) is 0 Å². The fraction of sp³-hybridized carbons (Fsp3) is 0.300. The summed E-state index contributed by atoms with van der Waals surface area (Å²) in [6, 6.07) is 11.7. The first-order chi connectivity index (χ1) is 13.2. The molecule has 4 rings (SSSR count). The molecular weight excluding hydrogens is 344 g/mol. The number of amides is 1. The number of nitrogens with zero attached hydrogens (tertiary/aromatic N) is 4. The molecule has 0 spiro atoms. The summed E-state index contributed by atoms with van der Waals surface area (Å²) in [4.78, 5) is 27.3. The predicted octanol–water partition coefficient (Wildman–Crippen LogP) is 2.72. The van der Waals surface area contributed by atoms with Gasteiger partial charge in [0.25, 0.3) is 5.91 Å². The zero-order valence-corrected chi connectivity index (χ0v) is 15.0. The van der Waals surface area contributed by atoms with Crippen molar-refractivity contribution in [1.82, 2.24) is 19.9 Å². The third-order valence-corrected chi connectivity index (χ3v) is 4.68. The molecule has 1 aliphatic rings. The van der Waals surface area contributed by atoms with E-state index in [2.05, 4.69) is 15.0 Å². The Morgan fingerprint density at radius 3 is 2.67 bits per heavy atom. The fourth-order valence-corrected chi connectivity index (χ4v) is 3.28. The summed E-state index contributed by atoms with van der Waals surface area (Å²) in [6.45, 7) is 1.24. The lowest BCUT2D eigenvalue weighted by Gasteiger charge is -2.31. The van der Waals surface area contributed by atoms with Crippen LogP contribution in [0.3, 0.4) is 0 Å². The number of hydrogen-bond acceptors (Lipinski definition) is 6. The van der Waals surface area contributed by atoms with E-state index in [9.17, 15) is 4.79 Å². The summed E-state index contributed by atoms with van der Waals surface area (Å²) in [5.74, 6) is 0.455. The zero-order chi connectivity index (χ0) is 18.6. The van der Waals surface area contributed by atoms with Gasteiger partial charge in [0.15, 0.2) is 0 Å². The van der Waals surface area contributed by atoms with Crippen LogP contribution in [0.25, 0.3) is 10.8 Å². The minimum atomic E-state index is -0.0334. The number of pyridine rings is 1. The van der Waals surface area contributed by atoms with E-state index in [0.29, 0.717) is 24.7 Å². The van der Waals surface area contributed by atoms with Crippen molar-refractivity contribution in [2.45, 2.75) is 18.9 Å². The van der Waals surface area contributed by atoms with Crippen LogP contribution in [0, 0.1) is 0 Å². The van der Waals surface area contributed by atoms with E-state index in [-0.39, 0.29) is 18.0 Å². The normalized spacial score (nSPS) is 14.9. The number of fused-ring (bicyclic) bond motifs is 1. The molecule has 3 heterocycles. The van der Waals surface area contributed by atoms with Gasteiger partial charge in [-0.2, -0.15) is 4.98 Å². The lowest BCUT2D eigenvalue weighted by Crippen LogP contribution is -2.42. The van der Waals surface area contributed by atoms with Crippen LogP contribution >= 0.6 is 0 Å². The summed E-state index contributed by atoms with van der Waals surface area (Å²) in [6.07, 6.45) is 4.78. The van der Waals surface area contributed by atoms with Crippen molar-refractivity contribution in [2.24, 2.45) is 0 Å². The summed E-state index contributed by atoms with van der Waals surface area (Å²) < 4.78 is 10.9. The number of hydrogen-bond donors (Lipinski definition) is 0. The highest BCUT2D eigenvalue weighted by Gasteiger charge is 2.26. The molecule has 0 aliphatic carbocycles. The first-order valence-corrected chi connectivity index (χ1v) is 8.91. The number of methoxy groups -OCH3 is 1. The van der Waals surface area contributed by atoms with Crippen LogP contribution in [-0.4, -0.2) is 52.1 Å². The van der Waals surface area contributed by atoms with Crippen molar-refractivity contribution < 1.29 is 14.3 Å². The van der Waals surface area contributed by atoms with Gasteiger partial charge in [-0.05, 0) is 11.5 Å². The maximum absolute atomic E-state index is 12.9. The molecule has 0 N–H and O–H groups in total. The molecule has 0 bridgehead atoms. The number of carbonyl (C=O) groups is 1. The maximum Gasteiger partial charge on any atom is 0.319 e. The van der Waals surface area contributed by atoms with Gasteiger partial charge >= 0.3 is 6.01 Å². The van der Waals surface area contributed by atoms with Crippen LogP contribution in [-0.2, 0) is 0 Å². The molecule has 3 aromatic rings. The van der Waals surface area contributed by atoms with Crippen molar-refractivity contribution in [2.75, 3.05) is 20.2 Å². The lowest BCUT2D eigenvalue weighted by atomic mass is 10.1. The SMILES string of the molecule is COc1nccc(OC2CCN(C(=O)c3nccc4ccccc34)CC2)n1. The van der Waals surface area contributed by atoms with Crippen molar-refractivity contribution >= 4 is 16.7 Å². The third kappa shape index (κ3) is 3.67. The molecule has 7 nitrogen and oxygen atoms in total. The van der Waals surface area contributed by atoms with Crippen LogP contribution in [0.4, 0.5) is 0 Å². The van der Waals surface area contributed by atoms with E-state index < -0.39 is 0 Å². The Morgan fingerprint density at radius 1 is 1.07 bits per heavy atom. The van der Waals surface area contributed by atoms with Gasteiger partial charge in [-0.25, -0.2) is 4.98 Å². The number of carbonyl (C=O) groups excluding carboxylic acids is 1. The molecule has 1 amide bonds. The highest BCUT2D eigenvalue weighted by molar-refractivity contribution is 6.05.